The maximum atomic E-state index is 12.5. The third-order valence-corrected chi connectivity index (χ3v) is 6.70. The minimum Gasteiger partial charge on any atom is -0.495 e. The number of aromatic nitrogens is 1. The van der Waals surface area contributed by atoms with Crippen LogP contribution >= 0.6 is 11.3 Å². The first-order valence-corrected chi connectivity index (χ1v) is 11.1. The van der Waals surface area contributed by atoms with E-state index in [0.717, 1.165) is 49.7 Å². The number of fused-ring (bicyclic) bond motifs is 1. The highest BCUT2D eigenvalue weighted by molar-refractivity contribution is 7.17. The number of amides is 1. The molecule has 0 atom stereocenters. The lowest BCUT2D eigenvalue weighted by Gasteiger charge is -2.36. The summed E-state index contributed by atoms with van der Waals surface area (Å²) in [7, 11) is 1.68. The number of methoxy groups -OCH3 is 1. The van der Waals surface area contributed by atoms with Crippen molar-refractivity contribution >= 4 is 33.8 Å². The van der Waals surface area contributed by atoms with Gasteiger partial charge in [0.25, 0.3) is 0 Å². The molecule has 1 N–H and O–H groups in total. The number of hydrogen-bond acceptors (Lipinski definition) is 7. The lowest BCUT2D eigenvalue weighted by molar-refractivity contribution is -0.117. The number of Topliss-reactive ketones (excluding diaryl/α,β-unsaturated/α-hetero) is 1. The van der Waals surface area contributed by atoms with Crippen molar-refractivity contribution in [3.63, 3.8) is 0 Å². The van der Waals surface area contributed by atoms with Gasteiger partial charge in [0.1, 0.15) is 5.75 Å². The molecule has 1 fully saturated rings. The second kappa shape index (κ2) is 8.35. The summed E-state index contributed by atoms with van der Waals surface area (Å²) in [6, 6.07) is 8.01. The molecular weight excluding hydrogens is 400 g/mol. The summed E-state index contributed by atoms with van der Waals surface area (Å²) in [5.74, 6) is 0.916. The summed E-state index contributed by atoms with van der Waals surface area (Å²) < 4.78 is 5.46. The number of ketones is 1. The second-order valence-electron chi connectivity index (χ2n) is 8.72. The van der Waals surface area contributed by atoms with E-state index >= 15 is 0 Å². The molecule has 4 rings (SSSR count). The summed E-state index contributed by atoms with van der Waals surface area (Å²) in [6.07, 6.45) is 1.30. The van der Waals surface area contributed by atoms with Crippen molar-refractivity contribution < 1.29 is 14.3 Å². The number of nitrogens with zero attached hydrogens (tertiary/aromatic N) is 3. The number of para-hydroxylation sites is 2. The van der Waals surface area contributed by atoms with E-state index < -0.39 is 0 Å². The second-order valence-corrected chi connectivity index (χ2v) is 9.72. The van der Waals surface area contributed by atoms with Gasteiger partial charge < -0.3 is 15.0 Å². The van der Waals surface area contributed by atoms with Gasteiger partial charge in [0.15, 0.2) is 10.9 Å². The number of ether oxygens (including phenoxy) is 1. The van der Waals surface area contributed by atoms with E-state index in [2.05, 4.69) is 40.0 Å². The van der Waals surface area contributed by atoms with Crippen LogP contribution in [-0.4, -0.2) is 61.4 Å². The minimum absolute atomic E-state index is 0.0689. The molecule has 1 aliphatic carbocycles. The van der Waals surface area contributed by atoms with Crippen LogP contribution in [0.15, 0.2) is 24.3 Å². The summed E-state index contributed by atoms with van der Waals surface area (Å²) in [5, 5.41) is 3.43. The standard InChI is InChI=1S/C22H28N4O3S/c1-22(2)12-15-20(17(27)13-22)30-21(23-15)24-19(28)14-25-8-10-26(11-9-25)16-6-4-5-7-18(16)29-3/h4-7H,8-14H2,1-3H3,(H,23,24,28). The highest BCUT2D eigenvalue weighted by atomic mass is 32.1. The van der Waals surface area contributed by atoms with Crippen molar-refractivity contribution in [2.75, 3.05) is 50.1 Å². The van der Waals surface area contributed by atoms with Crippen LogP contribution in [0.25, 0.3) is 0 Å². The van der Waals surface area contributed by atoms with Crippen LogP contribution in [-0.2, 0) is 11.2 Å². The number of carbonyl (C=O) groups is 2. The molecule has 2 aromatic rings. The van der Waals surface area contributed by atoms with Gasteiger partial charge >= 0.3 is 0 Å². The number of benzene rings is 1. The minimum atomic E-state index is -0.0847. The van der Waals surface area contributed by atoms with E-state index in [1.807, 2.05) is 18.2 Å². The molecule has 1 saturated heterocycles. The van der Waals surface area contributed by atoms with Crippen molar-refractivity contribution in [2.24, 2.45) is 5.41 Å². The molecule has 160 valence electrons. The van der Waals surface area contributed by atoms with Crippen molar-refractivity contribution in [1.82, 2.24) is 9.88 Å². The number of thiazole rings is 1. The zero-order chi connectivity index (χ0) is 21.3. The average molecular weight is 429 g/mol. The van der Waals surface area contributed by atoms with E-state index in [-0.39, 0.29) is 17.1 Å². The summed E-state index contributed by atoms with van der Waals surface area (Å²) in [6.45, 7) is 7.75. The summed E-state index contributed by atoms with van der Waals surface area (Å²) in [5.41, 5.74) is 1.84. The molecule has 1 aromatic carbocycles. The van der Waals surface area contributed by atoms with E-state index in [0.29, 0.717) is 23.0 Å². The molecular formula is C22H28N4O3S. The Kier molecular flexibility index (Phi) is 5.79. The van der Waals surface area contributed by atoms with Gasteiger partial charge in [-0.3, -0.25) is 14.5 Å². The fraction of sp³-hybridized carbons (Fsp3) is 0.500. The molecule has 1 amide bonds. The van der Waals surface area contributed by atoms with Gasteiger partial charge in [-0.05, 0) is 24.0 Å². The lowest BCUT2D eigenvalue weighted by Crippen LogP contribution is -2.48. The van der Waals surface area contributed by atoms with Gasteiger partial charge in [-0.15, -0.1) is 0 Å². The third kappa shape index (κ3) is 4.49. The smallest absolute Gasteiger partial charge is 0.240 e. The Balaban J connectivity index is 1.31. The third-order valence-electron chi connectivity index (χ3n) is 5.65. The van der Waals surface area contributed by atoms with Crippen molar-refractivity contribution in [1.29, 1.82) is 0 Å². The Morgan fingerprint density at radius 1 is 1.20 bits per heavy atom. The predicted molar refractivity (Wildman–Crippen MR) is 119 cm³/mol. The van der Waals surface area contributed by atoms with E-state index in [4.69, 9.17) is 4.74 Å². The predicted octanol–water partition coefficient (Wildman–Crippen LogP) is 3.07. The Morgan fingerprint density at radius 2 is 1.93 bits per heavy atom. The Bertz CT molecular complexity index is 948. The van der Waals surface area contributed by atoms with E-state index in [9.17, 15) is 9.59 Å². The van der Waals surface area contributed by atoms with Crippen LogP contribution in [0.4, 0.5) is 10.8 Å². The SMILES string of the molecule is COc1ccccc1N1CCN(CC(=O)Nc2nc3c(s2)C(=O)CC(C)(C)C3)CC1. The van der Waals surface area contributed by atoms with Gasteiger partial charge in [0.2, 0.25) is 5.91 Å². The van der Waals surface area contributed by atoms with Crippen LogP contribution in [0.3, 0.4) is 0 Å². The molecule has 7 nitrogen and oxygen atoms in total. The molecule has 0 saturated carbocycles. The number of rotatable bonds is 5. The van der Waals surface area contributed by atoms with E-state index in [1.54, 1.807) is 7.11 Å². The normalized spacial score (nSPS) is 18.8. The highest BCUT2D eigenvalue weighted by Crippen LogP contribution is 2.38. The van der Waals surface area contributed by atoms with Crippen molar-refractivity contribution in [2.45, 2.75) is 26.7 Å². The topological polar surface area (TPSA) is 74.8 Å². The van der Waals surface area contributed by atoms with Gasteiger partial charge in [-0.25, -0.2) is 4.98 Å². The average Bonchev–Trinajstić information content (AvgIpc) is 3.09. The molecule has 0 radical (unpaired) electrons. The molecule has 1 aromatic heterocycles. The first kappa shape index (κ1) is 20.8. The van der Waals surface area contributed by atoms with Crippen LogP contribution in [0.2, 0.25) is 0 Å². The zero-order valence-electron chi connectivity index (χ0n) is 17.7. The molecule has 0 bridgehead atoms. The molecule has 30 heavy (non-hydrogen) atoms. The lowest BCUT2D eigenvalue weighted by atomic mass is 9.78. The number of nitrogens with one attached hydrogen (secondary N) is 1. The fourth-order valence-corrected chi connectivity index (χ4v) is 5.11. The molecule has 2 aliphatic rings. The fourth-order valence-electron chi connectivity index (χ4n) is 4.17. The molecule has 2 heterocycles. The van der Waals surface area contributed by atoms with Gasteiger partial charge in [-0.2, -0.15) is 0 Å². The first-order valence-electron chi connectivity index (χ1n) is 10.3. The molecule has 8 heteroatoms. The van der Waals surface area contributed by atoms with Crippen LogP contribution < -0.4 is 15.0 Å². The van der Waals surface area contributed by atoms with Crippen LogP contribution in [0, 0.1) is 5.41 Å². The van der Waals surface area contributed by atoms with Crippen LogP contribution in [0.1, 0.15) is 35.6 Å². The van der Waals surface area contributed by atoms with Gasteiger partial charge in [-0.1, -0.05) is 37.3 Å². The van der Waals surface area contributed by atoms with Gasteiger partial charge in [0.05, 0.1) is 29.9 Å². The maximum absolute atomic E-state index is 12.5. The summed E-state index contributed by atoms with van der Waals surface area (Å²) in [4.78, 5) is 34.6. The van der Waals surface area contributed by atoms with Gasteiger partial charge in [0, 0.05) is 32.6 Å². The van der Waals surface area contributed by atoms with E-state index in [1.165, 1.54) is 11.3 Å². The quantitative estimate of drug-likeness (QED) is 0.789. The largest absolute Gasteiger partial charge is 0.495 e. The first-order chi connectivity index (χ1) is 14.3. The molecule has 0 unspecified atom stereocenters. The number of piperazine rings is 1. The zero-order valence-corrected chi connectivity index (χ0v) is 18.6. The summed E-state index contributed by atoms with van der Waals surface area (Å²) >= 11 is 1.30. The molecule has 0 spiro atoms. The highest BCUT2D eigenvalue weighted by Gasteiger charge is 2.34. The molecule has 1 aliphatic heterocycles. The Labute approximate surface area is 181 Å². The Hall–Kier alpha value is -2.45. The van der Waals surface area contributed by atoms with Crippen molar-refractivity contribution in [3.05, 3.63) is 34.8 Å². The van der Waals surface area contributed by atoms with Crippen molar-refractivity contribution in [3.8, 4) is 5.75 Å². The monoisotopic (exact) mass is 428 g/mol. The Morgan fingerprint density at radius 3 is 2.67 bits per heavy atom. The number of hydrogen-bond donors (Lipinski definition) is 1. The maximum Gasteiger partial charge on any atom is 0.240 e. The number of carbonyl (C=O) groups excluding carboxylic acids is 2. The number of anilines is 2. The van der Waals surface area contributed by atoms with Crippen LogP contribution in [0.5, 0.6) is 5.75 Å².